The van der Waals surface area contributed by atoms with E-state index in [9.17, 15) is 9.59 Å². The Kier molecular flexibility index (Phi) is 11.8. The molecule has 0 heterocycles. The first-order chi connectivity index (χ1) is 11.7. The molecule has 3 heteroatoms. The minimum absolute atomic E-state index is 0.161. The molecule has 3 nitrogen and oxygen atoms in total. The second kappa shape index (κ2) is 11.2. The van der Waals surface area contributed by atoms with E-state index >= 15 is 0 Å². The minimum Gasteiger partial charge on any atom is -0.356 e. The quantitative estimate of drug-likeness (QED) is 0.548. The van der Waals surface area contributed by atoms with Gasteiger partial charge in [-0.3, -0.25) is 9.59 Å². The van der Waals surface area contributed by atoms with Gasteiger partial charge in [-0.25, -0.2) is 0 Å². The molecule has 0 atom stereocenters. The van der Waals surface area contributed by atoms with Gasteiger partial charge in [0.05, 0.1) is 0 Å². The fourth-order valence-corrected chi connectivity index (χ4v) is 2.02. The lowest BCUT2D eigenvalue weighted by Gasteiger charge is -2.21. The van der Waals surface area contributed by atoms with Gasteiger partial charge in [-0.15, -0.1) is 0 Å². The number of ketones is 1. The van der Waals surface area contributed by atoms with Gasteiger partial charge < -0.3 is 5.32 Å². The van der Waals surface area contributed by atoms with Crippen molar-refractivity contribution in [3.05, 3.63) is 0 Å². The van der Waals surface area contributed by atoms with Gasteiger partial charge in [-0.05, 0) is 35.5 Å². The Morgan fingerprint density at radius 3 is 1.30 bits per heavy atom. The molecule has 0 radical (unpaired) electrons. The van der Waals surface area contributed by atoms with E-state index in [1.165, 1.54) is 0 Å². The molecule has 0 bridgehead atoms. The second-order valence-corrected chi connectivity index (χ2v) is 12.5. The number of carbonyl (C=O) groups excluding carboxylic acids is 2. The summed E-state index contributed by atoms with van der Waals surface area (Å²) >= 11 is 0. The average molecular weight is 384 g/mol. The summed E-state index contributed by atoms with van der Waals surface area (Å²) in [4.78, 5) is 23.0. The zero-order valence-corrected chi connectivity index (χ0v) is 20.6. The van der Waals surface area contributed by atoms with Crippen LogP contribution >= 0.6 is 0 Å². The molecule has 1 N–H and O–H groups in total. The van der Waals surface area contributed by atoms with Gasteiger partial charge in [0.1, 0.15) is 5.78 Å². The predicted molar refractivity (Wildman–Crippen MR) is 119 cm³/mol. The molecule has 0 aliphatic carbocycles. The van der Waals surface area contributed by atoms with Crippen LogP contribution in [-0.2, 0) is 9.59 Å². The molecule has 1 amide bonds. The monoisotopic (exact) mass is 383 g/mol. The van der Waals surface area contributed by atoms with Gasteiger partial charge in [0, 0.05) is 24.8 Å². The Balaban J connectivity index is 0. The summed E-state index contributed by atoms with van der Waals surface area (Å²) < 4.78 is 0. The molecule has 27 heavy (non-hydrogen) atoms. The van der Waals surface area contributed by atoms with E-state index < -0.39 is 0 Å². The molecule has 0 saturated heterocycles. The van der Waals surface area contributed by atoms with Crippen LogP contribution in [0.1, 0.15) is 115 Å². The summed E-state index contributed by atoms with van der Waals surface area (Å²) in [6.45, 7) is 26.3. The summed E-state index contributed by atoms with van der Waals surface area (Å²) in [6.07, 6.45) is 4.34. The van der Waals surface area contributed by atoms with E-state index in [0.717, 1.165) is 25.8 Å². The van der Waals surface area contributed by atoms with Gasteiger partial charge in [-0.2, -0.15) is 0 Å². The maximum absolute atomic E-state index is 11.5. The maximum Gasteiger partial charge on any atom is 0.220 e. The molecule has 0 rings (SSSR count). The van der Waals surface area contributed by atoms with Gasteiger partial charge >= 0.3 is 0 Å². The molecule has 0 spiro atoms. The van der Waals surface area contributed by atoms with Crippen molar-refractivity contribution in [2.75, 3.05) is 6.54 Å². The van der Waals surface area contributed by atoms with Crippen molar-refractivity contribution in [3.8, 4) is 0 Å². The predicted octanol–water partition coefficient (Wildman–Crippen LogP) is 6.79. The number of nitrogens with one attached hydrogen (secondary N) is 1. The van der Waals surface area contributed by atoms with Crippen LogP contribution in [0.25, 0.3) is 0 Å². The van der Waals surface area contributed by atoms with Crippen LogP contribution < -0.4 is 5.32 Å². The standard InChI is InChI=1S/C13H27NO.C11H22O/c1-12(2,3)8-7-11(15)14-10-9-13(4,5)6;1-10(2,3)8-7-9(12)11(4,5)6/h7-10H2,1-6H3,(H,14,15);7-8H2,1-6H3. The number of carbonyl (C=O) groups is 2. The summed E-state index contributed by atoms with van der Waals surface area (Å²) in [6, 6.07) is 0. The van der Waals surface area contributed by atoms with Crippen LogP contribution in [0.3, 0.4) is 0 Å². The lowest BCUT2D eigenvalue weighted by Crippen LogP contribution is -2.27. The highest BCUT2D eigenvalue weighted by Gasteiger charge is 2.22. The first-order valence-electron chi connectivity index (χ1n) is 10.5. The van der Waals surface area contributed by atoms with Gasteiger partial charge in [0.25, 0.3) is 0 Å². The molecule has 0 aliphatic rings. The topological polar surface area (TPSA) is 46.2 Å². The van der Waals surface area contributed by atoms with E-state index in [-0.39, 0.29) is 22.2 Å². The Hall–Kier alpha value is -0.860. The molecular weight excluding hydrogens is 334 g/mol. The van der Waals surface area contributed by atoms with Crippen molar-refractivity contribution in [2.24, 2.45) is 21.7 Å². The van der Waals surface area contributed by atoms with Crippen molar-refractivity contribution in [1.82, 2.24) is 5.32 Å². The smallest absolute Gasteiger partial charge is 0.220 e. The summed E-state index contributed by atoms with van der Waals surface area (Å²) in [5.41, 5.74) is 0.671. The third-order valence-corrected chi connectivity index (χ3v) is 4.24. The first kappa shape index (κ1) is 28.4. The summed E-state index contributed by atoms with van der Waals surface area (Å²) in [5.74, 6) is 0.562. The van der Waals surface area contributed by atoms with Crippen molar-refractivity contribution in [2.45, 2.75) is 115 Å². The second-order valence-electron chi connectivity index (χ2n) is 12.5. The van der Waals surface area contributed by atoms with Gasteiger partial charge in [-0.1, -0.05) is 83.1 Å². The highest BCUT2D eigenvalue weighted by molar-refractivity contribution is 5.83. The van der Waals surface area contributed by atoms with Crippen LogP contribution in [0.15, 0.2) is 0 Å². The summed E-state index contributed by atoms with van der Waals surface area (Å²) in [5, 5.41) is 2.97. The zero-order chi connectivity index (χ0) is 22.1. The van der Waals surface area contributed by atoms with Crippen molar-refractivity contribution in [1.29, 1.82) is 0 Å². The van der Waals surface area contributed by atoms with Crippen molar-refractivity contribution < 1.29 is 9.59 Å². The molecule has 0 aromatic heterocycles. The molecule has 0 saturated carbocycles. The Bertz CT molecular complexity index is 437. The Morgan fingerprint density at radius 1 is 0.593 bits per heavy atom. The maximum atomic E-state index is 11.5. The zero-order valence-electron chi connectivity index (χ0n) is 20.6. The molecular formula is C24H49NO2. The third-order valence-electron chi connectivity index (χ3n) is 4.24. The van der Waals surface area contributed by atoms with Crippen LogP contribution in [0.5, 0.6) is 0 Å². The molecule has 0 aromatic carbocycles. The van der Waals surface area contributed by atoms with E-state index in [2.05, 4.69) is 67.6 Å². The Labute approximate surface area is 170 Å². The van der Waals surface area contributed by atoms with Crippen LogP contribution in [0.2, 0.25) is 0 Å². The fourth-order valence-electron chi connectivity index (χ4n) is 2.02. The van der Waals surface area contributed by atoms with Crippen LogP contribution in [-0.4, -0.2) is 18.2 Å². The van der Waals surface area contributed by atoms with Crippen molar-refractivity contribution in [3.63, 3.8) is 0 Å². The minimum atomic E-state index is -0.161. The summed E-state index contributed by atoms with van der Waals surface area (Å²) in [7, 11) is 0. The van der Waals surface area contributed by atoms with E-state index in [1.807, 2.05) is 20.8 Å². The van der Waals surface area contributed by atoms with Crippen LogP contribution in [0.4, 0.5) is 0 Å². The molecule has 0 aliphatic heterocycles. The molecule has 0 fully saturated rings. The SMILES string of the molecule is CC(C)(C)CCC(=O)C(C)(C)C.CC(C)(C)CCNC(=O)CCC(C)(C)C. The van der Waals surface area contributed by atoms with E-state index in [0.29, 0.717) is 24.0 Å². The highest BCUT2D eigenvalue weighted by atomic mass is 16.1. The van der Waals surface area contributed by atoms with Crippen LogP contribution in [0, 0.1) is 21.7 Å². The van der Waals surface area contributed by atoms with E-state index in [4.69, 9.17) is 0 Å². The lowest BCUT2D eigenvalue weighted by molar-refractivity contribution is -0.126. The number of Topliss-reactive ketones (excluding diaryl/α,β-unsaturated/α-hetero) is 1. The number of hydrogen-bond donors (Lipinski definition) is 1. The van der Waals surface area contributed by atoms with Gasteiger partial charge in [0.15, 0.2) is 0 Å². The normalized spacial score (nSPS) is 12.9. The fraction of sp³-hybridized carbons (Fsp3) is 0.917. The number of amides is 1. The van der Waals surface area contributed by atoms with Gasteiger partial charge in [0.2, 0.25) is 5.91 Å². The third kappa shape index (κ3) is 23.1. The number of rotatable bonds is 6. The van der Waals surface area contributed by atoms with Crippen molar-refractivity contribution >= 4 is 11.7 Å². The molecule has 0 unspecified atom stereocenters. The molecule has 0 aromatic rings. The average Bonchev–Trinajstić information content (AvgIpc) is 2.39. The number of hydrogen-bond acceptors (Lipinski definition) is 2. The largest absolute Gasteiger partial charge is 0.356 e. The highest BCUT2D eigenvalue weighted by Crippen LogP contribution is 2.25. The molecule has 162 valence electrons. The first-order valence-corrected chi connectivity index (χ1v) is 10.5. The Morgan fingerprint density at radius 2 is 0.963 bits per heavy atom. The lowest BCUT2D eigenvalue weighted by atomic mass is 9.83. The van der Waals surface area contributed by atoms with E-state index in [1.54, 1.807) is 0 Å².